The quantitative estimate of drug-likeness (QED) is 0.576. The lowest BCUT2D eigenvalue weighted by Crippen LogP contribution is -2.02. The second-order valence-corrected chi connectivity index (χ2v) is 3.98. The van der Waals surface area contributed by atoms with Crippen LogP contribution in [0.5, 0.6) is 0 Å². The molecule has 0 N–H and O–H groups in total. The van der Waals surface area contributed by atoms with Crippen LogP contribution in [-0.4, -0.2) is 6.21 Å². The van der Waals surface area contributed by atoms with Crippen molar-refractivity contribution in [2.75, 3.05) is 0 Å². The van der Waals surface area contributed by atoms with Gasteiger partial charge in [0.05, 0.1) is 11.9 Å². The van der Waals surface area contributed by atoms with Crippen molar-refractivity contribution >= 4 is 23.2 Å². The smallest absolute Gasteiger partial charge is 0.0988 e. The molecular formula is C9H7N2S. The van der Waals surface area contributed by atoms with Crippen molar-refractivity contribution in [1.82, 2.24) is 5.43 Å². The summed E-state index contributed by atoms with van der Waals surface area (Å²) >= 11 is 1.82. The van der Waals surface area contributed by atoms with Gasteiger partial charge in [0.1, 0.15) is 0 Å². The van der Waals surface area contributed by atoms with Gasteiger partial charge in [-0.1, -0.05) is 0 Å². The lowest BCUT2D eigenvalue weighted by atomic mass is 9.97. The van der Waals surface area contributed by atoms with E-state index < -0.39 is 0 Å². The van der Waals surface area contributed by atoms with E-state index in [0.717, 1.165) is 18.5 Å². The normalized spacial score (nSPS) is 19.0. The molecule has 59 valence electrons. The second kappa shape index (κ2) is 2.20. The number of nitrogens with zero attached hydrogens (tertiary/aromatic N) is 2. The highest BCUT2D eigenvalue weighted by molar-refractivity contribution is 7.10. The Morgan fingerprint density at radius 2 is 2.33 bits per heavy atom. The SMILES string of the molecule is C1=N[N]C2=C1CCc1sccc12. The summed E-state index contributed by atoms with van der Waals surface area (Å²) in [5.74, 6) is 0. The lowest BCUT2D eigenvalue weighted by Gasteiger charge is -2.11. The van der Waals surface area contributed by atoms with Crippen molar-refractivity contribution in [3.63, 3.8) is 0 Å². The first-order valence-electron chi connectivity index (χ1n) is 3.99. The van der Waals surface area contributed by atoms with Crippen molar-refractivity contribution in [2.24, 2.45) is 5.10 Å². The molecule has 0 amide bonds. The standard InChI is InChI=1S/C9H7N2S/c1-2-8-7(3-4-12-8)9-6(1)5-10-11-9/h3-5H,1-2H2. The summed E-state index contributed by atoms with van der Waals surface area (Å²) in [4.78, 5) is 1.46. The van der Waals surface area contributed by atoms with Crippen LogP contribution < -0.4 is 5.43 Å². The van der Waals surface area contributed by atoms with Gasteiger partial charge in [-0.15, -0.1) is 11.3 Å². The Morgan fingerprint density at radius 3 is 3.33 bits per heavy atom. The van der Waals surface area contributed by atoms with E-state index >= 15 is 0 Å². The number of hydrogen-bond donors (Lipinski definition) is 0. The Morgan fingerprint density at radius 1 is 1.33 bits per heavy atom. The zero-order valence-electron chi connectivity index (χ0n) is 6.45. The number of allylic oxidation sites excluding steroid dienone is 1. The molecule has 0 bridgehead atoms. The maximum absolute atomic E-state index is 4.13. The molecule has 3 heteroatoms. The van der Waals surface area contributed by atoms with Gasteiger partial charge in [0.2, 0.25) is 0 Å². The molecule has 0 saturated heterocycles. The van der Waals surface area contributed by atoms with Crippen LogP contribution in [0.4, 0.5) is 0 Å². The van der Waals surface area contributed by atoms with E-state index in [0.29, 0.717) is 0 Å². The van der Waals surface area contributed by atoms with Gasteiger partial charge in [0, 0.05) is 16.0 Å². The van der Waals surface area contributed by atoms with Gasteiger partial charge in [-0.05, 0) is 24.3 Å². The number of thiophene rings is 1. The van der Waals surface area contributed by atoms with Gasteiger partial charge in [-0.3, -0.25) is 0 Å². The molecule has 1 radical (unpaired) electrons. The average molecular weight is 175 g/mol. The molecular weight excluding hydrogens is 168 g/mol. The summed E-state index contributed by atoms with van der Waals surface area (Å²) in [6.45, 7) is 0. The molecule has 3 rings (SSSR count). The molecule has 2 heterocycles. The van der Waals surface area contributed by atoms with E-state index in [-0.39, 0.29) is 0 Å². The van der Waals surface area contributed by atoms with Crippen LogP contribution >= 0.6 is 11.3 Å². The molecule has 1 aromatic rings. The highest BCUT2D eigenvalue weighted by atomic mass is 32.1. The van der Waals surface area contributed by atoms with Crippen molar-refractivity contribution < 1.29 is 0 Å². The first-order chi connectivity index (χ1) is 5.95. The molecule has 2 aliphatic rings. The Labute approximate surface area is 74.6 Å². The van der Waals surface area contributed by atoms with Crippen molar-refractivity contribution in [1.29, 1.82) is 0 Å². The number of rotatable bonds is 0. The fraction of sp³-hybridized carbons (Fsp3) is 0.222. The molecule has 0 unspecified atom stereocenters. The highest BCUT2D eigenvalue weighted by Crippen LogP contribution is 2.34. The van der Waals surface area contributed by atoms with E-state index in [9.17, 15) is 0 Å². The molecule has 12 heavy (non-hydrogen) atoms. The molecule has 0 atom stereocenters. The molecule has 1 aliphatic heterocycles. The summed E-state index contributed by atoms with van der Waals surface area (Å²) < 4.78 is 0. The monoisotopic (exact) mass is 175 g/mol. The Bertz CT molecular complexity index is 387. The average Bonchev–Trinajstić information content (AvgIpc) is 2.71. The van der Waals surface area contributed by atoms with Gasteiger partial charge >= 0.3 is 0 Å². The first-order valence-corrected chi connectivity index (χ1v) is 4.87. The second-order valence-electron chi connectivity index (χ2n) is 2.98. The van der Waals surface area contributed by atoms with Crippen molar-refractivity contribution in [2.45, 2.75) is 12.8 Å². The van der Waals surface area contributed by atoms with Gasteiger partial charge < -0.3 is 0 Å². The number of aryl methyl sites for hydroxylation is 1. The molecule has 0 spiro atoms. The van der Waals surface area contributed by atoms with Crippen molar-refractivity contribution in [3.8, 4) is 0 Å². The maximum Gasteiger partial charge on any atom is 0.0988 e. The Kier molecular flexibility index (Phi) is 1.18. The third kappa shape index (κ3) is 0.716. The summed E-state index contributed by atoms with van der Waals surface area (Å²) in [5, 5.41) is 6.07. The minimum Gasteiger partial charge on any atom is -0.158 e. The zero-order valence-corrected chi connectivity index (χ0v) is 7.27. The predicted octanol–water partition coefficient (Wildman–Crippen LogP) is 2.01. The summed E-state index contributed by atoms with van der Waals surface area (Å²) in [5.41, 5.74) is 7.85. The highest BCUT2D eigenvalue weighted by Gasteiger charge is 2.22. The minimum absolute atomic E-state index is 1.11. The molecule has 1 aliphatic carbocycles. The first kappa shape index (κ1) is 6.43. The Balaban J connectivity index is 2.21. The van der Waals surface area contributed by atoms with Crippen LogP contribution in [0.25, 0.3) is 5.70 Å². The topological polar surface area (TPSA) is 26.5 Å². The summed E-state index contributed by atoms with van der Waals surface area (Å²) in [7, 11) is 0. The van der Waals surface area contributed by atoms with Gasteiger partial charge in [-0.2, -0.15) is 10.5 Å². The van der Waals surface area contributed by atoms with Crippen LogP contribution in [0.2, 0.25) is 0 Å². The van der Waals surface area contributed by atoms with Crippen LogP contribution in [0.3, 0.4) is 0 Å². The third-order valence-electron chi connectivity index (χ3n) is 2.30. The van der Waals surface area contributed by atoms with Gasteiger partial charge in [0.15, 0.2) is 0 Å². The lowest BCUT2D eigenvalue weighted by molar-refractivity contribution is 0.942. The fourth-order valence-corrected chi connectivity index (χ4v) is 2.56. The number of fused-ring (bicyclic) bond motifs is 2. The maximum atomic E-state index is 4.13. The third-order valence-corrected chi connectivity index (χ3v) is 3.28. The van der Waals surface area contributed by atoms with E-state index in [2.05, 4.69) is 22.0 Å². The molecule has 0 fully saturated rings. The molecule has 2 nitrogen and oxygen atoms in total. The van der Waals surface area contributed by atoms with E-state index in [1.165, 1.54) is 16.0 Å². The van der Waals surface area contributed by atoms with Crippen LogP contribution in [0.1, 0.15) is 16.9 Å². The van der Waals surface area contributed by atoms with Crippen molar-refractivity contribution in [3.05, 3.63) is 27.5 Å². The van der Waals surface area contributed by atoms with Gasteiger partial charge in [-0.25, -0.2) is 0 Å². The van der Waals surface area contributed by atoms with Gasteiger partial charge in [0.25, 0.3) is 0 Å². The fourth-order valence-electron chi connectivity index (χ4n) is 1.68. The van der Waals surface area contributed by atoms with Crippen LogP contribution in [0.15, 0.2) is 22.1 Å². The largest absolute Gasteiger partial charge is 0.158 e. The number of hydrogen-bond acceptors (Lipinski definition) is 2. The Hall–Kier alpha value is -1.09. The van der Waals surface area contributed by atoms with E-state index in [1.54, 1.807) is 0 Å². The molecule has 0 aromatic carbocycles. The van der Waals surface area contributed by atoms with E-state index in [1.807, 2.05) is 17.6 Å². The van der Waals surface area contributed by atoms with E-state index in [4.69, 9.17) is 0 Å². The zero-order chi connectivity index (χ0) is 7.97. The summed E-state index contributed by atoms with van der Waals surface area (Å²) in [6, 6.07) is 2.15. The molecule has 1 aromatic heterocycles. The van der Waals surface area contributed by atoms with Crippen LogP contribution in [0, 0.1) is 0 Å². The molecule has 0 saturated carbocycles. The van der Waals surface area contributed by atoms with Crippen LogP contribution in [-0.2, 0) is 6.42 Å². The predicted molar refractivity (Wildman–Crippen MR) is 50.2 cm³/mol. The summed E-state index contributed by atoms with van der Waals surface area (Å²) in [6.07, 6.45) is 4.15. The minimum atomic E-state index is 1.11.